The van der Waals surface area contributed by atoms with Crippen LogP contribution in [0.3, 0.4) is 0 Å². The number of hydrogen-bond acceptors (Lipinski definition) is 2. The van der Waals surface area contributed by atoms with Crippen LogP contribution in [0.1, 0.15) is 41.3 Å². The summed E-state index contributed by atoms with van der Waals surface area (Å²) in [6, 6.07) is 17.0. The lowest BCUT2D eigenvalue weighted by atomic mass is 9.99. The zero-order valence-corrected chi connectivity index (χ0v) is 16.5. The Hall–Kier alpha value is -2.98. The molecule has 0 aliphatic carbocycles. The lowest BCUT2D eigenvalue weighted by Gasteiger charge is -2.11. The predicted molar refractivity (Wildman–Crippen MR) is 114 cm³/mol. The number of carbonyl (C=O) groups excluding carboxylic acids is 1. The summed E-state index contributed by atoms with van der Waals surface area (Å²) in [5.41, 5.74) is 9.81. The number of phenols is 1. The van der Waals surface area contributed by atoms with E-state index in [1.54, 1.807) is 12.1 Å². The van der Waals surface area contributed by atoms with Crippen LogP contribution < -0.4 is 5.73 Å². The van der Waals surface area contributed by atoms with Gasteiger partial charge in [0.05, 0.1) is 16.4 Å². The summed E-state index contributed by atoms with van der Waals surface area (Å²) in [7, 11) is 0. The smallest absolute Gasteiger partial charge is 0.249 e. The summed E-state index contributed by atoms with van der Waals surface area (Å²) >= 11 is 6.17. The summed E-state index contributed by atoms with van der Waals surface area (Å²) in [5.74, 6) is -0.104. The molecule has 28 heavy (non-hydrogen) atoms. The van der Waals surface area contributed by atoms with E-state index in [1.807, 2.05) is 36.4 Å². The van der Waals surface area contributed by atoms with Gasteiger partial charge in [-0.05, 0) is 53.4 Å². The molecule has 1 aromatic heterocycles. The van der Waals surface area contributed by atoms with E-state index >= 15 is 0 Å². The Morgan fingerprint density at radius 3 is 2.50 bits per heavy atom. The van der Waals surface area contributed by atoms with E-state index < -0.39 is 5.91 Å². The highest BCUT2D eigenvalue weighted by Gasteiger charge is 2.20. The number of nitrogens with two attached hydrogens (primary N) is 1. The average molecular weight is 393 g/mol. The molecule has 0 aliphatic heterocycles. The number of halogens is 1. The van der Waals surface area contributed by atoms with Gasteiger partial charge < -0.3 is 15.4 Å². The molecular weight excluding hydrogens is 372 g/mol. The van der Waals surface area contributed by atoms with Crippen LogP contribution in [0.4, 0.5) is 0 Å². The largest absolute Gasteiger partial charge is 0.507 e. The quantitative estimate of drug-likeness (QED) is 0.486. The summed E-state index contributed by atoms with van der Waals surface area (Å²) in [5, 5.41) is 12.8. The second-order valence-electron chi connectivity index (χ2n) is 7.37. The van der Waals surface area contributed by atoms with E-state index in [0.717, 1.165) is 22.2 Å². The van der Waals surface area contributed by atoms with Crippen LogP contribution in [0.15, 0.2) is 54.6 Å². The Labute approximate surface area is 168 Å². The number of aromatic nitrogens is 1. The first-order valence-electron chi connectivity index (χ1n) is 9.19. The van der Waals surface area contributed by atoms with E-state index in [1.165, 1.54) is 0 Å². The Bertz CT molecular complexity index is 1220. The van der Waals surface area contributed by atoms with Crippen LogP contribution in [0.25, 0.3) is 21.8 Å². The fraction of sp³-hybridized carbons (Fsp3) is 0.174. The third-order valence-corrected chi connectivity index (χ3v) is 5.39. The number of rotatable bonds is 4. The average Bonchev–Trinajstić information content (AvgIpc) is 2.96. The molecule has 0 spiro atoms. The third-order valence-electron chi connectivity index (χ3n) is 5.15. The Morgan fingerprint density at radius 1 is 1.07 bits per heavy atom. The monoisotopic (exact) mass is 392 g/mol. The molecule has 0 atom stereocenters. The van der Waals surface area contributed by atoms with Crippen LogP contribution in [0, 0.1) is 0 Å². The molecule has 3 N–H and O–H groups in total. The number of phenolic OH excluding ortho intramolecular Hbond substituents is 1. The number of hydrogen-bond donors (Lipinski definition) is 2. The van der Waals surface area contributed by atoms with Gasteiger partial charge in [-0.25, -0.2) is 0 Å². The SMILES string of the molecule is CC(C)c1cc(O)c2c3c(C(N)=O)cccc3n(Cc3cccc(Cl)c3)c2c1. The minimum absolute atomic E-state index is 0.157. The molecule has 4 aromatic rings. The zero-order chi connectivity index (χ0) is 20.0. The van der Waals surface area contributed by atoms with Crippen molar-refractivity contribution in [2.75, 3.05) is 0 Å². The number of benzene rings is 3. The van der Waals surface area contributed by atoms with Gasteiger partial charge in [-0.3, -0.25) is 4.79 Å². The highest BCUT2D eigenvalue weighted by Crippen LogP contribution is 2.39. The van der Waals surface area contributed by atoms with Gasteiger partial charge in [0.2, 0.25) is 5.91 Å². The van der Waals surface area contributed by atoms with Crippen molar-refractivity contribution in [3.05, 3.63) is 76.3 Å². The normalized spacial score (nSPS) is 11.6. The fourth-order valence-electron chi connectivity index (χ4n) is 3.79. The summed E-state index contributed by atoms with van der Waals surface area (Å²) in [6.07, 6.45) is 0. The number of aromatic hydroxyl groups is 1. The van der Waals surface area contributed by atoms with Crippen LogP contribution in [-0.2, 0) is 6.54 Å². The van der Waals surface area contributed by atoms with Crippen molar-refractivity contribution < 1.29 is 9.90 Å². The number of nitrogens with zero attached hydrogens (tertiary/aromatic N) is 1. The van der Waals surface area contributed by atoms with Gasteiger partial charge in [0.1, 0.15) is 5.75 Å². The van der Waals surface area contributed by atoms with Crippen molar-refractivity contribution in [2.45, 2.75) is 26.3 Å². The molecule has 4 rings (SSSR count). The first-order chi connectivity index (χ1) is 13.4. The summed E-state index contributed by atoms with van der Waals surface area (Å²) in [4.78, 5) is 12.1. The number of fused-ring (bicyclic) bond motifs is 3. The molecule has 0 saturated heterocycles. The number of amides is 1. The standard InChI is InChI=1S/C23H21ClN2O2/c1-13(2)15-10-19-22(20(27)11-15)21-17(23(25)28)7-4-8-18(21)26(19)12-14-5-3-6-16(24)9-14/h3-11,13,27H,12H2,1-2H3,(H2,25,28). The fourth-order valence-corrected chi connectivity index (χ4v) is 4.00. The van der Waals surface area contributed by atoms with Gasteiger partial charge in [-0.2, -0.15) is 0 Å². The molecule has 0 fully saturated rings. The molecule has 3 aromatic carbocycles. The van der Waals surface area contributed by atoms with E-state index in [9.17, 15) is 9.90 Å². The van der Waals surface area contributed by atoms with E-state index in [4.69, 9.17) is 17.3 Å². The molecule has 0 radical (unpaired) electrons. The van der Waals surface area contributed by atoms with Gasteiger partial charge in [-0.1, -0.05) is 43.6 Å². The van der Waals surface area contributed by atoms with Gasteiger partial charge in [-0.15, -0.1) is 0 Å². The van der Waals surface area contributed by atoms with Crippen LogP contribution >= 0.6 is 11.6 Å². The molecule has 0 bridgehead atoms. The second kappa shape index (κ2) is 6.88. The Kier molecular flexibility index (Phi) is 4.52. The maximum atomic E-state index is 12.1. The van der Waals surface area contributed by atoms with Crippen molar-refractivity contribution in [2.24, 2.45) is 5.73 Å². The van der Waals surface area contributed by atoms with E-state index in [0.29, 0.717) is 27.9 Å². The summed E-state index contributed by atoms with van der Waals surface area (Å²) < 4.78 is 2.11. The highest BCUT2D eigenvalue weighted by atomic mass is 35.5. The Morgan fingerprint density at radius 2 is 1.82 bits per heavy atom. The number of carbonyl (C=O) groups is 1. The molecule has 5 heteroatoms. The van der Waals surface area contributed by atoms with Crippen molar-refractivity contribution in [3.63, 3.8) is 0 Å². The van der Waals surface area contributed by atoms with Crippen LogP contribution in [-0.4, -0.2) is 15.6 Å². The molecule has 4 nitrogen and oxygen atoms in total. The maximum absolute atomic E-state index is 12.1. The first-order valence-corrected chi connectivity index (χ1v) is 9.56. The van der Waals surface area contributed by atoms with Gasteiger partial charge in [0.15, 0.2) is 0 Å². The summed E-state index contributed by atoms with van der Waals surface area (Å²) in [6.45, 7) is 4.72. The molecular formula is C23H21ClN2O2. The van der Waals surface area contributed by atoms with Crippen molar-refractivity contribution in [3.8, 4) is 5.75 Å². The third kappa shape index (κ3) is 3.00. The van der Waals surface area contributed by atoms with Crippen molar-refractivity contribution in [1.29, 1.82) is 0 Å². The van der Waals surface area contributed by atoms with Gasteiger partial charge in [0.25, 0.3) is 0 Å². The van der Waals surface area contributed by atoms with Gasteiger partial charge in [0, 0.05) is 22.5 Å². The molecule has 1 heterocycles. The van der Waals surface area contributed by atoms with E-state index in [2.05, 4.69) is 24.5 Å². The second-order valence-corrected chi connectivity index (χ2v) is 7.81. The molecule has 0 saturated carbocycles. The van der Waals surface area contributed by atoms with Crippen LogP contribution in [0.2, 0.25) is 5.02 Å². The molecule has 0 aliphatic rings. The van der Waals surface area contributed by atoms with Crippen molar-refractivity contribution >= 4 is 39.3 Å². The topological polar surface area (TPSA) is 68.2 Å². The minimum Gasteiger partial charge on any atom is -0.507 e. The molecule has 0 unspecified atom stereocenters. The lowest BCUT2D eigenvalue weighted by molar-refractivity contribution is 0.100. The minimum atomic E-state index is -0.514. The maximum Gasteiger partial charge on any atom is 0.249 e. The van der Waals surface area contributed by atoms with E-state index in [-0.39, 0.29) is 11.7 Å². The van der Waals surface area contributed by atoms with Gasteiger partial charge >= 0.3 is 0 Å². The zero-order valence-electron chi connectivity index (χ0n) is 15.7. The Balaban J connectivity index is 2.11. The molecule has 142 valence electrons. The highest BCUT2D eigenvalue weighted by molar-refractivity contribution is 6.30. The molecule has 1 amide bonds. The lowest BCUT2D eigenvalue weighted by Crippen LogP contribution is -2.11. The predicted octanol–water partition coefficient (Wildman–Crippen LogP) is 5.42. The van der Waals surface area contributed by atoms with Crippen LogP contribution in [0.5, 0.6) is 5.75 Å². The number of primary amides is 1. The first kappa shape index (κ1) is 18.4. The van der Waals surface area contributed by atoms with Crippen molar-refractivity contribution in [1.82, 2.24) is 4.57 Å².